The highest BCUT2D eigenvalue weighted by molar-refractivity contribution is 5.81. The van der Waals surface area contributed by atoms with Crippen LogP contribution in [-0.2, 0) is 4.79 Å². The highest BCUT2D eigenvalue weighted by atomic mass is 16.2. The fourth-order valence-corrected chi connectivity index (χ4v) is 1.32. The van der Waals surface area contributed by atoms with Gasteiger partial charge >= 0.3 is 0 Å². The quantitative estimate of drug-likeness (QED) is 0.537. The molecule has 1 atom stereocenters. The minimum absolute atomic E-state index is 0.0434. The van der Waals surface area contributed by atoms with Crippen LogP contribution in [0.15, 0.2) is 0 Å². The van der Waals surface area contributed by atoms with E-state index < -0.39 is 0 Å². The minimum Gasteiger partial charge on any atom is -0.353 e. The fourth-order valence-electron chi connectivity index (χ4n) is 1.32. The lowest BCUT2D eigenvalue weighted by Crippen LogP contribution is -2.41. The van der Waals surface area contributed by atoms with Crippen molar-refractivity contribution in [1.82, 2.24) is 16.0 Å². The van der Waals surface area contributed by atoms with Crippen LogP contribution in [0.25, 0.3) is 0 Å². The molecule has 0 spiro atoms. The molecular weight excluding hydrogens is 154 g/mol. The van der Waals surface area contributed by atoms with Crippen molar-refractivity contribution in [3.8, 4) is 0 Å². The van der Waals surface area contributed by atoms with Crippen LogP contribution in [0.3, 0.4) is 0 Å². The van der Waals surface area contributed by atoms with Gasteiger partial charge in [-0.05, 0) is 19.4 Å². The summed E-state index contributed by atoms with van der Waals surface area (Å²) >= 11 is 0. The molecule has 1 rings (SSSR count). The van der Waals surface area contributed by atoms with Crippen molar-refractivity contribution >= 4 is 5.91 Å². The average Bonchev–Trinajstić information content (AvgIpc) is 2.56. The summed E-state index contributed by atoms with van der Waals surface area (Å²) in [5.41, 5.74) is 0. The summed E-state index contributed by atoms with van der Waals surface area (Å²) in [5.74, 6) is 0.121. The van der Waals surface area contributed by atoms with Crippen LogP contribution in [0, 0.1) is 0 Å². The number of hydrogen-bond acceptors (Lipinski definition) is 2. The Morgan fingerprint density at radius 3 is 3.17 bits per heavy atom. The van der Waals surface area contributed by atoms with Gasteiger partial charge in [-0.15, -0.1) is 0 Å². The first-order valence-electron chi connectivity index (χ1n) is 4.41. The third kappa shape index (κ3) is 2.79. The van der Waals surface area contributed by atoms with Crippen molar-refractivity contribution < 1.29 is 4.79 Å². The van der Waals surface area contributed by atoms with Crippen molar-refractivity contribution in [1.29, 1.82) is 0 Å². The first kappa shape index (κ1) is 9.48. The van der Waals surface area contributed by atoms with Gasteiger partial charge in [0.25, 0.3) is 0 Å². The van der Waals surface area contributed by atoms with E-state index in [1.807, 2.05) is 0 Å². The topological polar surface area (TPSA) is 55.2 Å². The molecule has 1 heterocycles. The summed E-state index contributed by atoms with van der Waals surface area (Å²) in [5, 5.41) is 9.87. The number of carbonyl (C=O) groups excluding carboxylic acids is 1. The van der Waals surface area contributed by atoms with Gasteiger partial charge in [-0.1, -0.05) is 0 Å². The predicted molar refractivity (Wildman–Crippen MR) is 47.0 cm³/mol. The summed E-state index contributed by atoms with van der Waals surface area (Å²) in [7, 11) is 1.75. The molecule has 1 amide bonds. The van der Waals surface area contributed by atoms with Gasteiger partial charge in [0.1, 0.15) is 0 Å². The first-order chi connectivity index (χ1) is 5.84. The highest BCUT2D eigenvalue weighted by Gasteiger charge is 2.20. The maximum Gasteiger partial charge on any atom is 0.237 e. The van der Waals surface area contributed by atoms with E-state index in [1.54, 1.807) is 7.05 Å². The smallest absolute Gasteiger partial charge is 0.237 e. The molecule has 0 saturated carbocycles. The van der Waals surface area contributed by atoms with E-state index in [0.717, 1.165) is 19.4 Å². The zero-order valence-corrected chi connectivity index (χ0v) is 7.47. The van der Waals surface area contributed by atoms with Gasteiger partial charge in [-0.3, -0.25) is 4.79 Å². The Bertz CT molecular complexity index is 143. The number of rotatable bonds is 4. The van der Waals surface area contributed by atoms with Gasteiger partial charge in [0, 0.05) is 20.1 Å². The van der Waals surface area contributed by atoms with Crippen molar-refractivity contribution in [2.45, 2.75) is 18.9 Å². The van der Waals surface area contributed by atoms with Gasteiger partial charge in [-0.2, -0.15) is 0 Å². The van der Waals surface area contributed by atoms with Crippen molar-refractivity contribution in [2.75, 3.05) is 26.7 Å². The van der Waals surface area contributed by atoms with Gasteiger partial charge in [0.15, 0.2) is 0 Å². The number of nitrogens with one attached hydrogen (secondary N) is 2. The molecule has 4 heteroatoms. The molecule has 1 aliphatic rings. The molecule has 69 valence electrons. The van der Waals surface area contributed by atoms with Crippen molar-refractivity contribution in [3.63, 3.8) is 0 Å². The minimum atomic E-state index is 0.0434. The van der Waals surface area contributed by atoms with Crippen LogP contribution in [0.4, 0.5) is 0 Å². The Hall–Kier alpha value is -0.610. The number of nitrogens with zero attached hydrogens (tertiary/aromatic N) is 1. The number of amides is 1. The maximum absolute atomic E-state index is 11.3. The van der Waals surface area contributed by atoms with Gasteiger partial charge in [0.05, 0.1) is 6.04 Å². The molecule has 0 bridgehead atoms. The molecule has 0 aromatic heterocycles. The molecule has 12 heavy (non-hydrogen) atoms. The van der Waals surface area contributed by atoms with E-state index in [4.69, 9.17) is 0 Å². The molecule has 1 aliphatic heterocycles. The number of hydrogen-bond donors (Lipinski definition) is 2. The molecule has 0 aromatic rings. The monoisotopic (exact) mass is 170 g/mol. The second-order valence-electron chi connectivity index (χ2n) is 2.98. The molecule has 0 aromatic carbocycles. The summed E-state index contributed by atoms with van der Waals surface area (Å²) < 4.78 is 0. The zero-order chi connectivity index (χ0) is 8.81. The number of carbonyl (C=O) groups is 1. The lowest BCUT2D eigenvalue weighted by molar-refractivity contribution is -0.122. The first-order valence-corrected chi connectivity index (χ1v) is 4.41. The molecular formula is C8H16N3O. The van der Waals surface area contributed by atoms with Gasteiger partial charge < -0.3 is 10.6 Å². The Balaban J connectivity index is 2.10. The van der Waals surface area contributed by atoms with E-state index in [1.165, 1.54) is 0 Å². The molecule has 4 nitrogen and oxygen atoms in total. The van der Waals surface area contributed by atoms with Crippen LogP contribution >= 0.6 is 0 Å². The normalized spacial score (nSPS) is 22.6. The van der Waals surface area contributed by atoms with Crippen LogP contribution in [-0.4, -0.2) is 38.6 Å². The third-order valence-corrected chi connectivity index (χ3v) is 2.01. The Morgan fingerprint density at radius 2 is 2.58 bits per heavy atom. The van der Waals surface area contributed by atoms with Crippen LogP contribution in [0.5, 0.6) is 0 Å². The zero-order valence-electron chi connectivity index (χ0n) is 7.47. The molecule has 1 saturated heterocycles. The van der Waals surface area contributed by atoms with E-state index in [0.29, 0.717) is 13.1 Å². The van der Waals surface area contributed by atoms with Crippen LogP contribution in [0.2, 0.25) is 0 Å². The summed E-state index contributed by atoms with van der Waals surface area (Å²) in [6.45, 7) is 2.34. The van der Waals surface area contributed by atoms with Crippen LogP contribution < -0.4 is 16.0 Å². The lowest BCUT2D eigenvalue weighted by atomic mass is 10.2. The summed E-state index contributed by atoms with van der Waals surface area (Å²) in [4.78, 5) is 11.3. The summed E-state index contributed by atoms with van der Waals surface area (Å²) in [6.07, 6.45) is 2.07. The molecule has 0 aliphatic carbocycles. The number of likely N-dealkylation sites (N-methyl/N-ethyl adjacent to an activating group) is 1. The van der Waals surface area contributed by atoms with Crippen LogP contribution in [0.1, 0.15) is 12.8 Å². The largest absolute Gasteiger partial charge is 0.353 e. The highest BCUT2D eigenvalue weighted by Crippen LogP contribution is 2.03. The summed E-state index contributed by atoms with van der Waals surface area (Å²) in [6, 6.07) is 0.0434. The predicted octanol–water partition coefficient (Wildman–Crippen LogP) is -0.911. The standard InChI is InChI=1S/C8H16N3O/c1-9-5-6-11-8(12)7-3-2-4-10-7/h7,10H,2-6H2,1H3,(H,11,12)/t7-/m1/s1. The Labute approximate surface area is 73.1 Å². The second kappa shape index (κ2) is 5.11. The SMILES string of the molecule is C[N]CCNC(=O)[C@H]1CCCN1. The van der Waals surface area contributed by atoms with E-state index in [9.17, 15) is 4.79 Å². The third-order valence-electron chi connectivity index (χ3n) is 2.01. The fraction of sp³-hybridized carbons (Fsp3) is 0.875. The van der Waals surface area contributed by atoms with E-state index >= 15 is 0 Å². The van der Waals surface area contributed by atoms with Gasteiger partial charge in [0.2, 0.25) is 5.91 Å². The maximum atomic E-state index is 11.3. The van der Waals surface area contributed by atoms with Crippen molar-refractivity contribution in [3.05, 3.63) is 0 Å². The van der Waals surface area contributed by atoms with E-state index in [2.05, 4.69) is 16.0 Å². The van der Waals surface area contributed by atoms with Crippen molar-refractivity contribution in [2.24, 2.45) is 0 Å². The van der Waals surface area contributed by atoms with E-state index in [-0.39, 0.29) is 11.9 Å². The molecule has 0 unspecified atom stereocenters. The molecule has 2 N–H and O–H groups in total. The molecule has 1 fully saturated rings. The average molecular weight is 170 g/mol. The Kier molecular flexibility index (Phi) is 4.04. The Morgan fingerprint density at radius 1 is 1.75 bits per heavy atom. The van der Waals surface area contributed by atoms with Gasteiger partial charge in [-0.25, -0.2) is 5.32 Å². The lowest BCUT2D eigenvalue weighted by Gasteiger charge is -2.09. The molecule has 1 radical (unpaired) electrons. The second-order valence-corrected chi connectivity index (χ2v) is 2.98.